The van der Waals surface area contributed by atoms with Gasteiger partial charge in [-0.05, 0) is 61.2 Å². The molecule has 4 rings (SSSR count). The Morgan fingerprint density at radius 3 is 2.45 bits per heavy atom. The van der Waals surface area contributed by atoms with Crippen molar-refractivity contribution in [3.05, 3.63) is 98.8 Å². The first kappa shape index (κ1) is 21.5. The lowest BCUT2D eigenvalue weighted by Crippen LogP contribution is -2.33. The number of amides is 2. The highest BCUT2D eigenvalue weighted by atomic mass is 35.5. The first-order valence-electron chi connectivity index (χ1n) is 10.0. The van der Waals surface area contributed by atoms with Crippen molar-refractivity contribution in [1.29, 1.82) is 0 Å². The highest BCUT2D eigenvalue weighted by Gasteiger charge is 2.39. The first-order valence-corrected chi connectivity index (χ1v) is 11.4. The third kappa shape index (κ3) is 4.63. The Labute approximate surface area is 190 Å². The summed E-state index contributed by atoms with van der Waals surface area (Å²) in [4.78, 5) is 28.5. The van der Waals surface area contributed by atoms with E-state index in [0.29, 0.717) is 34.2 Å². The number of imide groups is 1. The van der Waals surface area contributed by atoms with Crippen LogP contribution in [-0.2, 0) is 21.8 Å². The summed E-state index contributed by atoms with van der Waals surface area (Å²) in [5, 5.41) is 0.660. The third-order valence-corrected chi connectivity index (χ3v) is 6.60. The standard InChI is InChI=1S/C25H22ClNO3S/c1-16-5-10-21(17(2)14-16)22-23(31-15-20-4-3-13-30-20)25(29)27(24(22)28)12-11-18-6-8-19(26)9-7-18/h3-10,13-14H,11-12,15H2,1-2H3. The molecule has 0 spiro atoms. The molecule has 1 aromatic heterocycles. The van der Waals surface area contributed by atoms with Crippen LogP contribution in [0.4, 0.5) is 0 Å². The van der Waals surface area contributed by atoms with Gasteiger partial charge in [-0.1, -0.05) is 47.5 Å². The van der Waals surface area contributed by atoms with Crippen LogP contribution in [0.3, 0.4) is 0 Å². The number of benzene rings is 2. The summed E-state index contributed by atoms with van der Waals surface area (Å²) in [5.41, 5.74) is 4.40. The Bertz CT molecular complexity index is 1150. The number of hydrogen-bond donors (Lipinski definition) is 0. The van der Waals surface area contributed by atoms with Crippen LogP contribution in [-0.4, -0.2) is 23.3 Å². The van der Waals surface area contributed by atoms with E-state index < -0.39 is 0 Å². The summed E-state index contributed by atoms with van der Waals surface area (Å²) >= 11 is 7.31. The zero-order chi connectivity index (χ0) is 22.0. The van der Waals surface area contributed by atoms with Gasteiger partial charge >= 0.3 is 0 Å². The van der Waals surface area contributed by atoms with Gasteiger partial charge in [0.2, 0.25) is 0 Å². The van der Waals surface area contributed by atoms with Crippen LogP contribution in [0.2, 0.25) is 5.02 Å². The molecule has 31 heavy (non-hydrogen) atoms. The van der Waals surface area contributed by atoms with Gasteiger partial charge in [-0.15, -0.1) is 11.8 Å². The zero-order valence-corrected chi connectivity index (χ0v) is 18.9. The molecule has 0 saturated carbocycles. The van der Waals surface area contributed by atoms with Gasteiger partial charge in [0.25, 0.3) is 11.8 Å². The Kier molecular flexibility index (Phi) is 6.35. The zero-order valence-electron chi connectivity index (χ0n) is 17.4. The molecule has 2 amide bonds. The number of carbonyl (C=O) groups excluding carboxylic acids is 2. The molecule has 0 saturated heterocycles. The SMILES string of the molecule is Cc1ccc(C2=C(SCc3ccco3)C(=O)N(CCc3ccc(Cl)cc3)C2=O)c(C)c1. The molecule has 158 valence electrons. The van der Waals surface area contributed by atoms with Gasteiger partial charge in [-0.3, -0.25) is 14.5 Å². The number of hydrogen-bond acceptors (Lipinski definition) is 4. The molecule has 1 aliphatic heterocycles. The number of furan rings is 1. The molecule has 4 nitrogen and oxygen atoms in total. The molecule has 0 bridgehead atoms. The monoisotopic (exact) mass is 451 g/mol. The number of nitrogens with zero attached hydrogens (tertiary/aromatic N) is 1. The van der Waals surface area contributed by atoms with E-state index in [0.717, 1.165) is 28.0 Å². The Morgan fingerprint density at radius 1 is 1.00 bits per heavy atom. The molecule has 0 radical (unpaired) electrons. The smallest absolute Gasteiger partial charge is 0.268 e. The summed E-state index contributed by atoms with van der Waals surface area (Å²) in [6.07, 6.45) is 2.18. The van der Waals surface area contributed by atoms with E-state index in [1.54, 1.807) is 6.26 Å². The van der Waals surface area contributed by atoms with Crippen molar-refractivity contribution < 1.29 is 14.0 Å². The van der Waals surface area contributed by atoms with Gasteiger partial charge in [-0.2, -0.15) is 0 Å². The number of carbonyl (C=O) groups is 2. The maximum atomic E-state index is 13.4. The fourth-order valence-corrected chi connectivity index (χ4v) is 4.80. The van der Waals surface area contributed by atoms with Crippen LogP contribution < -0.4 is 0 Å². The molecule has 0 aliphatic carbocycles. The molecule has 0 atom stereocenters. The van der Waals surface area contributed by atoms with Gasteiger partial charge in [0.05, 0.1) is 22.5 Å². The van der Waals surface area contributed by atoms with Gasteiger partial charge in [0, 0.05) is 11.6 Å². The lowest BCUT2D eigenvalue weighted by atomic mass is 9.99. The number of halogens is 1. The summed E-state index contributed by atoms with van der Waals surface area (Å²) < 4.78 is 5.41. The second-order valence-corrected chi connectivity index (χ2v) is 8.95. The first-order chi connectivity index (χ1) is 14.9. The van der Waals surface area contributed by atoms with E-state index in [9.17, 15) is 9.59 Å². The molecule has 0 fully saturated rings. The summed E-state index contributed by atoms with van der Waals surface area (Å²) in [6, 6.07) is 17.1. The minimum absolute atomic E-state index is 0.243. The Hall–Kier alpha value is -2.76. The molecule has 3 aromatic rings. The van der Waals surface area contributed by atoms with Crippen LogP contribution in [0.1, 0.15) is 28.0 Å². The lowest BCUT2D eigenvalue weighted by molar-refractivity contribution is -0.136. The van der Waals surface area contributed by atoms with Gasteiger partial charge in [0.1, 0.15) is 5.76 Å². The molecule has 1 aliphatic rings. The molecular weight excluding hydrogens is 430 g/mol. The fourth-order valence-electron chi connectivity index (χ4n) is 3.65. The summed E-state index contributed by atoms with van der Waals surface area (Å²) in [5.74, 6) is 0.761. The maximum absolute atomic E-state index is 13.4. The predicted molar refractivity (Wildman–Crippen MR) is 125 cm³/mol. The van der Waals surface area contributed by atoms with Crippen molar-refractivity contribution >= 4 is 40.8 Å². The van der Waals surface area contributed by atoms with E-state index in [1.165, 1.54) is 16.7 Å². The number of aryl methyl sites for hydroxylation is 2. The largest absolute Gasteiger partial charge is 0.468 e. The normalized spacial score (nSPS) is 14.1. The van der Waals surface area contributed by atoms with Crippen molar-refractivity contribution in [2.75, 3.05) is 6.54 Å². The minimum Gasteiger partial charge on any atom is -0.468 e. The lowest BCUT2D eigenvalue weighted by Gasteiger charge is -2.15. The maximum Gasteiger partial charge on any atom is 0.268 e. The second kappa shape index (κ2) is 9.16. The molecule has 2 aromatic carbocycles. The average Bonchev–Trinajstić information content (AvgIpc) is 3.34. The number of rotatable bonds is 7. The van der Waals surface area contributed by atoms with E-state index >= 15 is 0 Å². The van der Waals surface area contributed by atoms with E-state index in [2.05, 4.69) is 0 Å². The van der Waals surface area contributed by atoms with Gasteiger partial charge < -0.3 is 4.42 Å². The average molecular weight is 452 g/mol. The fraction of sp³-hybridized carbons (Fsp3) is 0.200. The van der Waals surface area contributed by atoms with Crippen LogP contribution >= 0.6 is 23.4 Å². The van der Waals surface area contributed by atoms with Crippen molar-refractivity contribution in [3.63, 3.8) is 0 Å². The highest BCUT2D eigenvalue weighted by molar-refractivity contribution is 8.03. The van der Waals surface area contributed by atoms with Crippen molar-refractivity contribution in [3.8, 4) is 0 Å². The van der Waals surface area contributed by atoms with Crippen LogP contribution in [0.5, 0.6) is 0 Å². The summed E-state index contributed by atoms with van der Waals surface area (Å²) in [7, 11) is 0. The van der Waals surface area contributed by atoms with Crippen molar-refractivity contribution in [2.24, 2.45) is 0 Å². The predicted octanol–water partition coefficient (Wildman–Crippen LogP) is 5.81. The minimum atomic E-state index is -0.245. The van der Waals surface area contributed by atoms with Crippen molar-refractivity contribution in [2.45, 2.75) is 26.0 Å². The highest BCUT2D eigenvalue weighted by Crippen LogP contribution is 2.38. The Balaban J connectivity index is 1.63. The number of thioether (sulfide) groups is 1. The second-order valence-electron chi connectivity index (χ2n) is 7.53. The van der Waals surface area contributed by atoms with Crippen LogP contribution in [0.25, 0.3) is 5.57 Å². The van der Waals surface area contributed by atoms with Crippen molar-refractivity contribution in [1.82, 2.24) is 4.90 Å². The van der Waals surface area contributed by atoms with E-state index in [1.807, 2.05) is 68.4 Å². The molecule has 0 unspecified atom stereocenters. The van der Waals surface area contributed by atoms with E-state index in [-0.39, 0.29) is 11.8 Å². The molecular formula is C25H22ClNO3S. The topological polar surface area (TPSA) is 50.5 Å². The summed E-state index contributed by atoms with van der Waals surface area (Å²) in [6.45, 7) is 4.30. The van der Waals surface area contributed by atoms with Crippen LogP contribution in [0, 0.1) is 13.8 Å². The quantitative estimate of drug-likeness (QED) is 0.425. The van der Waals surface area contributed by atoms with Gasteiger partial charge in [0.15, 0.2) is 0 Å². The molecule has 2 heterocycles. The van der Waals surface area contributed by atoms with Gasteiger partial charge in [-0.25, -0.2) is 0 Å². The van der Waals surface area contributed by atoms with Crippen LogP contribution in [0.15, 0.2) is 70.2 Å². The third-order valence-electron chi connectivity index (χ3n) is 5.25. The Morgan fingerprint density at radius 2 is 1.77 bits per heavy atom. The van der Waals surface area contributed by atoms with E-state index in [4.69, 9.17) is 16.0 Å². The molecule has 6 heteroatoms. The molecule has 0 N–H and O–H groups in total.